The van der Waals surface area contributed by atoms with Gasteiger partial charge in [-0.25, -0.2) is 8.42 Å². The molecule has 0 radical (unpaired) electrons. The van der Waals surface area contributed by atoms with Gasteiger partial charge in [0.1, 0.15) is 6.04 Å². The fraction of sp³-hybridized carbons (Fsp3) is 0.400. The number of aryl methyl sites for hydroxylation is 1. The summed E-state index contributed by atoms with van der Waals surface area (Å²) in [5, 5.41) is 2.68. The Morgan fingerprint density at radius 2 is 1.56 bits per heavy atom. The molecule has 2 aromatic carbocycles. The number of nitrogens with zero attached hydrogens (tertiary/aromatic N) is 2. The lowest BCUT2D eigenvalue weighted by Gasteiger charge is -2.37. The molecule has 9 heteroatoms. The summed E-state index contributed by atoms with van der Waals surface area (Å²) in [6, 6.07) is 9.77. The number of carbonyl (C=O) groups excluding carboxylic acids is 3. The van der Waals surface area contributed by atoms with Crippen molar-refractivity contribution in [2.45, 2.75) is 70.0 Å². The first-order valence-electron chi connectivity index (χ1n) is 11.5. The molecule has 0 spiro atoms. The number of hydrogen-bond donors (Lipinski definition) is 1. The number of nitrogens with one attached hydrogen (secondary N) is 1. The van der Waals surface area contributed by atoms with Gasteiger partial charge < -0.3 is 5.32 Å². The van der Waals surface area contributed by atoms with E-state index in [1.807, 2.05) is 20.8 Å². The lowest BCUT2D eigenvalue weighted by atomic mass is 10.0. The van der Waals surface area contributed by atoms with E-state index in [1.165, 1.54) is 31.2 Å². The van der Waals surface area contributed by atoms with Gasteiger partial charge in [0.25, 0.3) is 11.8 Å². The van der Waals surface area contributed by atoms with Crippen molar-refractivity contribution in [1.82, 2.24) is 9.21 Å². The van der Waals surface area contributed by atoms with Crippen molar-refractivity contribution in [3.05, 3.63) is 59.2 Å². The Labute approximate surface area is 200 Å². The van der Waals surface area contributed by atoms with Gasteiger partial charge in [-0.05, 0) is 76.9 Å². The molecule has 0 aliphatic carbocycles. The zero-order valence-electron chi connectivity index (χ0n) is 19.7. The number of anilines is 1. The zero-order chi connectivity index (χ0) is 24.8. The van der Waals surface area contributed by atoms with Crippen LogP contribution in [0.2, 0.25) is 0 Å². The van der Waals surface area contributed by atoms with Gasteiger partial charge in [-0.1, -0.05) is 18.1 Å². The molecule has 180 valence electrons. The van der Waals surface area contributed by atoms with E-state index < -0.39 is 33.8 Å². The summed E-state index contributed by atoms with van der Waals surface area (Å²) < 4.78 is 27.9. The van der Waals surface area contributed by atoms with Crippen molar-refractivity contribution in [3.63, 3.8) is 0 Å². The van der Waals surface area contributed by atoms with Crippen molar-refractivity contribution < 1.29 is 22.8 Å². The number of benzene rings is 2. The van der Waals surface area contributed by atoms with Gasteiger partial charge in [0, 0.05) is 17.8 Å². The van der Waals surface area contributed by atoms with Crippen molar-refractivity contribution in [2.75, 3.05) is 5.32 Å². The van der Waals surface area contributed by atoms with Gasteiger partial charge in [0.05, 0.1) is 16.0 Å². The standard InChI is InChI=1S/C25H29N3O5S/c1-15-8-13-21-22(14-15)25(31)27(24(21)30)18(4)23(29)26-19-9-11-20(12-10-19)34(32,33)28-16(2)6-5-7-17(28)3/h8-14,16-18H,5-7H2,1-4H3,(H,26,29)/t16-,17+,18-/m1/s1. The Hall–Kier alpha value is -3.04. The Balaban J connectivity index is 1.48. The number of sulfonamides is 1. The van der Waals surface area contributed by atoms with E-state index in [-0.39, 0.29) is 22.5 Å². The third-order valence-corrected chi connectivity index (χ3v) is 8.79. The van der Waals surface area contributed by atoms with Crippen LogP contribution in [0, 0.1) is 6.92 Å². The summed E-state index contributed by atoms with van der Waals surface area (Å²) in [6.07, 6.45) is 2.66. The Kier molecular flexibility index (Phi) is 6.35. The van der Waals surface area contributed by atoms with Crippen LogP contribution >= 0.6 is 0 Å². The first kappa shape index (κ1) is 24.1. The topological polar surface area (TPSA) is 104 Å². The minimum atomic E-state index is -3.66. The third kappa shape index (κ3) is 4.14. The van der Waals surface area contributed by atoms with Gasteiger partial charge in [-0.3, -0.25) is 19.3 Å². The number of fused-ring (bicyclic) bond motifs is 1. The molecule has 4 rings (SSSR count). The number of hydrogen-bond acceptors (Lipinski definition) is 5. The second kappa shape index (κ2) is 8.96. The second-order valence-corrected chi connectivity index (χ2v) is 11.0. The predicted molar refractivity (Wildman–Crippen MR) is 128 cm³/mol. The summed E-state index contributed by atoms with van der Waals surface area (Å²) in [5.41, 5.74) is 1.80. The fourth-order valence-electron chi connectivity index (χ4n) is 4.79. The van der Waals surface area contributed by atoms with Crippen molar-refractivity contribution in [2.24, 2.45) is 0 Å². The molecule has 0 saturated carbocycles. The second-order valence-electron chi connectivity index (χ2n) is 9.18. The van der Waals surface area contributed by atoms with E-state index in [2.05, 4.69) is 5.32 Å². The van der Waals surface area contributed by atoms with Gasteiger partial charge in [-0.15, -0.1) is 0 Å². The first-order valence-corrected chi connectivity index (χ1v) is 12.9. The molecule has 34 heavy (non-hydrogen) atoms. The molecule has 2 heterocycles. The predicted octanol–water partition coefficient (Wildman–Crippen LogP) is 3.57. The van der Waals surface area contributed by atoms with E-state index in [0.29, 0.717) is 11.3 Å². The highest BCUT2D eigenvalue weighted by atomic mass is 32.2. The van der Waals surface area contributed by atoms with Gasteiger partial charge in [0.15, 0.2) is 0 Å². The molecule has 0 unspecified atom stereocenters. The van der Waals surface area contributed by atoms with Crippen molar-refractivity contribution >= 4 is 33.4 Å². The van der Waals surface area contributed by atoms with E-state index in [9.17, 15) is 22.8 Å². The average molecular weight is 484 g/mol. The van der Waals surface area contributed by atoms with Gasteiger partial charge >= 0.3 is 0 Å². The molecule has 3 amide bonds. The molecule has 1 N–H and O–H groups in total. The van der Waals surface area contributed by atoms with Crippen LogP contribution < -0.4 is 5.32 Å². The highest BCUT2D eigenvalue weighted by Gasteiger charge is 2.41. The molecule has 2 aromatic rings. The van der Waals surface area contributed by atoms with Crippen LogP contribution in [0.1, 0.15) is 66.3 Å². The van der Waals surface area contributed by atoms with Crippen molar-refractivity contribution in [1.29, 1.82) is 0 Å². The number of piperidine rings is 1. The summed E-state index contributed by atoms with van der Waals surface area (Å²) in [6.45, 7) is 7.16. The first-order chi connectivity index (χ1) is 16.0. The number of amides is 3. The molecule has 1 saturated heterocycles. The lowest BCUT2D eigenvalue weighted by Crippen LogP contribution is -2.47. The number of imide groups is 1. The van der Waals surface area contributed by atoms with E-state index in [0.717, 1.165) is 29.7 Å². The fourth-order valence-corrected chi connectivity index (χ4v) is 6.67. The largest absolute Gasteiger partial charge is 0.324 e. The normalized spacial score (nSPS) is 21.9. The zero-order valence-corrected chi connectivity index (χ0v) is 20.6. The van der Waals surface area contributed by atoms with Crippen LogP contribution in [0.15, 0.2) is 47.4 Å². The molecule has 1 fully saturated rings. The molecule has 3 atom stereocenters. The average Bonchev–Trinajstić information content (AvgIpc) is 3.02. The Bertz CT molecular complexity index is 1250. The van der Waals surface area contributed by atoms with Crippen LogP contribution in [0.5, 0.6) is 0 Å². The summed E-state index contributed by atoms with van der Waals surface area (Å²) >= 11 is 0. The lowest BCUT2D eigenvalue weighted by molar-refractivity contribution is -0.119. The van der Waals surface area contributed by atoms with Crippen LogP contribution in [0.4, 0.5) is 5.69 Å². The quantitative estimate of drug-likeness (QED) is 0.655. The highest BCUT2D eigenvalue weighted by Crippen LogP contribution is 2.30. The van der Waals surface area contributed by atoms with Crippen molar-refractivity contribution in [3.8, 4) is 0 Å². The van der Waals surface area contributed by atoms with Crippen LogP contribution in [0.25, 0.3) is 0 Å². The monoisotopic (exact) mass is 483 g/mol. The summed E-state index contributed by atoms with van der Waals surface area (Å²) in [4.78, 5) is 39.5. The number of carbonyl (C=O) groups is 3. The Morgan fingerprint density at radius 1 is 0.971 bits per heavy atom. The molecule has 8 nitrogen and oxygen atoms in total. The maximum Gasteiger partial charge on any atom is 0.262 e. The SMILES string of the molecule is Cc1ccc2c(c1)C(=O)N([C@H](C)C(=O)Nc1ccc(S(=O)(=O)N3[C@H](C)CCC[C@@H]3C)cc1)C2=O. The van der Waals surface area contributed by atoms with Gasteiger partial charge in [-0.2, -0.15) is 4.31 Å². The molecule has 2 aliphatic heterocycles. The summed E-state index contributed by atoms with van der Waals surface area (Å²) in [5.74, 6) is -1.55. The van der Waals surface area contributed by atoms with Crippen LogP contribution in [-0.2, 0) is 14.8 Å². The molecule has 0 bridgehead atoms. The maximum absolute atomic E-state index is 13.2. The minimum Gasteiger partial charge on any atom is -0.324 e. The molecule has 2 aliphatic rings. The van der Waals surface area contributed by atoms with Crippen LogP contribution in [-0.4, -0.2) is 53.5 Å². The third-order valence-electron chi connectivity index (χ3n) is 6.65. The molecule has 0 aromatic heterocycles. The maximum atomic E-state index is 13.2. The van der Waals surface area contributed by atoms with E-state index in [4.69, 9.17) is 0 Å². The highest BCUT2D eigenvalue weighted by molar-refractivity contribution is 7.89. The summed E-state index contributed by atoms with van der Waals surface area (Å²) in [7, 11) is -3.66. The van der Waals surface area contributed by atoms with E-state index in [1.54, 1.807) is 22.5 Å². The van der Waals surface area contributed by atoms with Gasteiger partial charge in [0.2, 0.25) is 15.9 Å². The smallest absolute Gasteiger partial charge is 0.262 e. The minimum absolute atomic E-state index is 0.0718. The molecular formula is C25H29N3O5S. The van der Waals surface area contributed by atoms with Crippen LogP contribution in [0.3, 0.4) is 0 Å². The molecular weight excluding hydrogens is 454 g/mol. The van der Waals surface area contributed by atoms with E-state index >= 15 is 0 Å². The number of rotatable bonds is 5. The Morgan fingerprint density at radius 3 is 2.18 bits per heavy atom.